The number of esters is 2. The number of benzene rings is 2. The molecule has 11 heteroatoms. The Morgan fingerprint density at radius 2 is 1.48 bits per heavy atom. The fraction of sp³-hybridized carbons (Fsp3) is 0.419. The number of nitro groups is 1. The van der Waals surface area contributed by atoms with Crippen LogP contribution in [-0.2, 0) is 23.8 Å². The number of dihydropyridines is 1. The lowest BCUT2D eigenvalue weighted by atomic mass is 9.79. The quantitative estimate of drug-likeness (QED) is 0.172. The molecule has 0 amide bonds. The van der Waals surface area contributed by atoms with Gasteiger partial charge < -0.3 is 24.4 Å². The lowest BCUT2D eigenvalue weighted by Crippen LogP contribution is -2.46. The summed E-state index contributed by atoms with van der Waals surface area (Å²) in [6.45, 7) is 8.18. The Hall–Kier alpha value is -4.22. The normalized spacial score (nSPS) is 17.6. The number of piperazine rings is 1. The van der Waals surface area contributed by atoms with Gasteiger partial charge in [0.25, 0.3) is 5.69 Å². The van der Waals surface area contributed by atoms with Crippen LogP contribution in [0.15, 0.2) is 77.1 Å². The van der Waals surface area contributed by atoms with Gasteiger partial charge >= 0.3 is 11.9 Å². The van der Waals surface area contributed by atoms with Crippen LogP contribution in [0.2, 0.25) is 0 Å². The minimum atomic E-state index is -1.04. The number of methoxy groups -OCH3 is 1. The molecule has 42 heavy (non-hydrogen) atoms. The Labute approximate surface area is 245 Å². The first-order valence-corrected chi connectivity index (χ1v) is 14.1. The summed E-state index contributed by atoms with van der Waals surface area (Å²) < 4.78 is 16.1. The van der Waals surface area contributed by atoms with Crippen molar-refractivity contribution in [2.45, 2.75) is 26.2 Å². The minimum Gasteiger partial charge on any atom is -0.462 e. The standard InChI is InChI=1S/C31H38N4O7/c1-22-27(30(36)41-19-9-14-33-15-17-34(18-16-33)24-10-5-4-6-11-24)29(25-12-7-8-13-26(25)35(38)39)28(23(2)32-22)31(37)42-21-20-40-3/h4-8,10-13,29,32H,9,14-21H2,1-3H3. The third-order valence-corrected chi connectivity index (χ3v) is 7.51. The van der Waals surface area contributed by atoms with Crippen molar-refractivity contribution in [3.05, 3.63) is 92.8 Å². The molecule has 11 nitrogen and oxygen atoms in total. The zero-order chi connectivity index (χ0) is 30.1. The second kappa shape index (κ2) is 14.6. The van der Waals surface area contributed by atoms with Crippen molar-refractivity contribution < 1.29 is 28.7 Å². The number of allylic oxidation sites excluding steroid dienone is 2. The summed E-state index contributed by atoms with van der Waals surface area (Å²) >= 11 is 0. The Kier molecular flexibility index (Phi) is 10.7. The van der Waals surface area contributed by atoms with Gasteiger partial charge in [0.2, 0.25) is 0 Å². The first-order valence-electron chi connectivity index (χ1n) is 14.1. The van der Waals surface area contributed by atoms with Crippen LogP contribution < -0.4 is 10.2 Å². The highest BCUT2D eigenvalue weighted by Gasteiger charge is 2.41. The van der Waals surface area contributed by atoms with E-state index in [9.17, 15) is 19.7 Å². The Morgan fingerprint density at radius 1 is 0.881 bits per heavy atom. The molecule has 2 aromatic carbocycles. The Balaban J connectivity index is 1.45. The van der Waals surface area contributed by atoms with Gasteiger partial charge in [0.05, 0.1) is 35.2 Å². The summed E-state index contributed by atoms with van der Waals surface area (Å²) in [7, 11) is 1.49. The zero-order valence-corrected chi connectivity index (χ0v) is 24.3. The first-order chi connectivity index (χ1) is 20.3. The van der Waals surface area contributed by atoms with Crippen LogP contribution in [0.1, 0.15) is 31.7 Å². The topological polar surface area (TPSA) is 123 Å². The number of hydrogen-bond donors (Lipinski definition) is 1. The number of carbonyl (C=O) groups is 2. The summed E-state index contributed by atoms with van der Waals surface area (Å²) in [6.07, 6.45) is 0.633. The zero-order valence-electron chi connectivity index (χ0n) is 24.3. The number of nitrogens with zero attached hydrogens (tertiary/aromatic N) is 3. The molecule has 224 valence electrons. The maximum absolute atomic E-state index is 13.6. The summed E-state index contributed by atoms with van der Waals surface area (Å²) in [5, 5.41) is 15.0. The molecule has 0 bridgehead atoms. The highest BCUT2D eigenvalue weighted by molar-refractivity contribution is 6.00. The lowest BCUT2D eigenvalue weighted by molar-refractivity contribution is -0.385. The van der Waals surface area contributed by atoms with Crippen molar-refractivity contribution in [3.8, 4) is 0 Å². The molecule has 1 unspecified atom stereocenters. The van der Waals surface area contributed by atoms with Crippen LogP contribution in [0.4, 0.5) is 11.4 Å². The molecule has 2 heterocycles. The smallest absolute Gasteiger partial charge is 0.336 e. The van der Waals surface area contributed by atoms with E-state index in [2.05, 4.69) is 27.2 Å². The predicted molar refractivity (Wildman–Crippen MR) is 158 cm³/mol. The molecule has 0 aliphatic carbocycles. The summed E-state index contributed by atoms with van der Waals surface area (Å²) in [6, 6.07) is 16.4. The molecule has 4 rings (SSSR count). The van der Waals surface area contributed by atoms with Crippen LogP contribution in [0.25, 0.3) is 0 Å². The van der Waals surface area contributed by atoms with Crippen molar-refractivity contribution >= 4 is 23.3 Å². The van der Waals surface area contributed by atoms with E-state index in [0.29, 0.717) is 17.8 Å². The molecule has 0 spiro atoms. The predicted octanol–water partition coefficient (Wildman–Crippen LogP) is 3.77. The molecular formula is C31H38N4O7. The van der Waals surface area contributed by atoms with E-state index in [4.69, 9.17) is 14.2 Å². The molecule has 0 saturated carbocycles. The number of carbonyl (C=O) groups excluding carboxylic acids is 2. The monoisotopic (exact) mass is 578 g/mol. The number of ether oxygens (including phenoxy) is 3. The second-order valence-corrected chi connectivity index (χ2v) is 10.2. The van der Waals surface area contributed by atoms with Gasteiger partial charge in [0.1, 0.15) is 6.61 Å². The van der Waals surface area contributed by atoms with Crippen LogP contribution in [0, 0.1) is 10.1 Å². The van der Waals surface area contributed by atoms with E-state index in [1.54, 1.807) is 32.0 Å². The fourth-order valence-corrected chi connectivity index (χ4v) is 5.44. The SMILES string of the molecule is COCCOC(=O)C1=C(C)NC(C)=C(C(=O)OCCCN2CCN(c3ccccc3)CC2)C1c1ccccc1[N+](=O)[O-]. The Bertz CT molecular complexity index is 1330. The summed E-state index contributed by atoms with van der Waals surface area (Å²) in [4.78, 5) is 42.9. The average Bonchev–Trinajstić information content (AvgIpc) is 2.99. The van der Waals surface area contributed by atoms with Crippen LogP contribution in [-0.4, -0.2) is 81.4 Å². The van der Waals surface area contributed by atoms with Gasteiger partial charge in [-0.2, -0.15) is 0 Å². The van der Waals surface area contributed by atoms with Gasteiger partial charge in [-0.05, 0) is 32.4 Å². The largest absolute Gasteiger partial charge is 0.462 e. The molecule has 1 atom stereocenters. The average molecular weight is 579 g/mol. The van der Waals surface area contributed by atoms with Crippen molar-refractivity contribution in [1.29, 1.82) is 0 Å². The van der Waals surface area contributed by atoms with Crippen LogP contribution >= 0.6 is 0 Å². The third-order valence-electron chi connectivity index (χ3n) is 7.51. The molecule has 0 radical (unpaired) electrons. The van der Waals surface area contributed by atoms with Crippen molar-refractivity contribution in [2.75, 3.05) is 64.6 Å². The molecule has 1 fully saturated rings. The number of rotatable bonds is 12. The van der Waals surface area contributed by atoms with E-state index in [1.807, 2.05) is 18.2 Å². The lowest BCUT2D eigenvalue weighted by Gasteiger charge is -2.36. The molecule has 1 N–H and O–H groups in total. The van der Waals surface area contributed by atoms with E-state index < -0.39 is 22.8 Å². The molecule has 2 aliphatic heterocycles. The first kappa shape index (κ1) is 30.7. The van der Waals surface area contributed by atoms with E-state index in [1.165, 1.54) is 18.9 Å². The number of para-hydroxylation sites is 2. The molecular weight excluding hydrogens is 540 g/mol. The van der Waals surface area contributed by atoms with Crippen molar-refractivity contribution in [3.63, 3.8) is 0 Å². The molecule has 2 aliphatic rings. The van der Waals surface area contributed by atoms with E-state index in [0.717, 1.165) is 32.7 Å². The Morgan fingerprint density at radius 3 is 2.10 bits per heavy atom. The summed E-state index contributed by atoms with van der Waals surface area (Å²) in [5.41, 5.74) is 2.40. The van der Waals surface area contributed by atoms with Crippen LogP contribution in [0.3, 0.4) is 0 Å². The van der Waals surface area contributed by atoms with Gasteiger partial charge in [-0.15, -0.1) is 0 Å². The number of nitro benzene ring substituents is 1. The van der Waals surface area contributed by atoms with Crippen molar-refractivity contribution in [1.82, 2.24) is 10.2 Å². The van der Waals surface area contributed by atoms with Gasteiger partial charge in [-0.25, -0.2) is 9.59 Å². The highest BCUT2D eigenvalue weighted by atomic mass is 16.6. The molecule has 2 aromatic rings. The van der Waals surface area contributed by atoms with Gasteiger partial charge in [0.15, 0.2) is 0 Å². The second-order valence-electron chi connectivity index (χ2n) is 10.2. The number of nitrogens with one attached hydrogen (secondary N) is 1. The summed E-state index contributed by atoms with van der Waals surface area (Å²) in [5.74, 6) is -2.36. The maximum atomic E-state index is 13.6. The molecule has 0 aromatic heterocycles. The van der Waals surface area contributed by atoms with Gasteiger partial charge in [0, 0.05) is 68.5 Å². The highest BCUT2D eigenvalue weighted by Crippen LogP contribution is 2.42. The van der Waals surface area contributed by atoms with Gasteiger partial charge in [-0.3, -0.25) is 15.0 Å². The fourth-order valence-electron chi connectivity index (χ4n) is 5.44. The number of anilines is 1. The van der Waals surface area contributed by atoms with E-state index in [-0.39, 0.29) is 42.2 Å². The maximum Gasteiger partial charge on any atom is 0.336 e. The van der Waals surface area contributed by atoms with E-state index >= 15 is 0 Å². The van der Waals surface area contributed by atoms with Crippen molar-refractivity contribution in [2.24, 2.45) is 0 Å². The van der Waals surface area contributed by atoms with Crippen LogP contribution in [0.5, 0.6) is 0 Å². The third kappa shape index (κ3) is 7.34. The van der Waals surface area contributed by atoms with Gasteiger partial charge in [-0.1, -0.05) is 36.4 Å². The number of hydrogen-bond acceptors (Lipinski definition) is 10. The molecule has 1 saturated heterocycles. The minimum absolute atomic E-state index is 0.00218.